The molecule has 1 saturated heterocycles. The van der Waals surface area contributed by atoms with Crippen LogP contribution in [0, 0.1) is 0 Å². The minimum atomic E-state index is -4.52. The quantitative estimate of drug-likeness (QED) is 0.510. The predicted octanol–water partition coefficient (Wildman–Crippen LogP) is 4.83. The van der Waals surface area contributed by atoms with Gasteiger partial charge in [-0.2, -0.15) is 13.2 Å². The number of alkyl halides is 3. The van der Waals surface area contributed by atoms with Crippen LogP contribution in [0.3, 0.4) is 0 Å². The summed E-state index contributed by atoms with van der Waals surface area (Å²) in [6.07, 6.45) is -2.29. The Hall–Kier alpha value is -2.20. The molecule has 1 heterocycles. The number of benzene rings is 2. The first-order valence-corrected chi connectivity index (χ1v) is 11.1. The molecule has 11 heteroatoms. The van der Waals surface area contributed by atoms with Crippen molar-refractivity contribution in [1.29, 1.82) is 0 Å². The molecule has 0 bridgehead atoms. The number of rotatable bonds is 9. The number of nitrogens with zero attached hydrogens (tertiary/aromatic N) is 1. The first-order valence-electron chi connectivity index (χ1n) is 10.3. The highest BCUT2D eigenvalue weighted by atomic mass is 35.5. The van der Waals surface area contributed by atoms with E-state index in [1.165, 1.54) is 0 Å². The second-order valence-electron chi connectivity index (χ2n) is 7.54. The largest absolute Gasteiger partial charge is 0.491 e. The fourth-order valence-electron chi connectivity index (χ4n) is 3.56. The summed E-state index contributed by atoms with van der Waals surface area (Å²) >= 11 is 12.1. The van der Waals surface area contributed by atoms with Gasteiger partial charge in [0.2, 0.25) is 0 Å². The third-order valence-electron chi connectivity index (χ3n) is 5.24. The predicted molar refractivity (Wildman–Crippen MR) is 121 cm³/mol. The number of hydrogen-bond acceptors (Lipinski definition) is 5. The van der Waals surface area contributed by atoms with Crippen LogP contribution >= 0.6 is 23.2 Å². The second-order valence-corrected chi connectivity index (χ2v) is 8.36. The van der Waals surface area contributed by atoms with Crippen molar-refractivity contribution in [1.82, 2.24) is 4.90 Å². The number of nitrogens with one attached hydrogen (secondary N) is 1. The van der Waals surface area contributed by atoms with Gasteiger partial charge in [-0.15, -0.1) is 0 Å². The van der Waals surface area contributed by atoms with E-state index < -0.39 is 24.3 Å². The molecule has 0 spiro atoms. The van der Waals surface area contributed by atoms with E-state index in [1.54, 1.807) is 18.2 Å². The van der Waals surface area contributed by atoms with Gasteiger partial charge in [0.25, 0.3) is 5.91 Å². The molecule has 6 nitrogen and oxygen atoms in total. The average molecular weight is 506 g/mol. The summed E-state index contributed by atoms with van der Waals surface area (Å²) in [5.41, 5.74) is 5.29. The van der Waals surface area contributed by atoms with Crippen LogP contribution in [0.1, 0.15) is 18.4 Å². The molecule has 0 aromatic heterocycles. The molecule has 2 aromatic rings. The molecular formula is C22H24Cl2F3N3O3. The third kappa shape index (κ3) is 7.14. The Labute approximate surface area is 199 Å². The van der Waals surface area contributed by atoms with E-state index in [2.05, 4.69) is 10.2 Å². The van der Waals surface area contributed by atoms with E-state index in [9.17, 15) is 18.0 Å². The molecule has 3 N–H and O–H groups in total. The maximum Gasteiger partial charge on any atom is 0.416 e. The SMILES string of the molecule is NCC1CCCN1CCOc1ccc(NC(=O)COc2ccc(C(F)(F)F)cc2Cl)cc1Cl. The summed E-state index contributed by atoms with van der Waals surface area (Å²) in [5.74, 6) is -0.0695. The fraction of sp³-hybridized carbons (Fsp3) is 0.409. The summed E-state index contributed by atoms with van der Waals surface area (Å²) in [6, 6.07) is 7.85. The first-order chi connectivity index (χ1) is 15.7. The van der Waals surface area contributed by atoms with Gasteiger partial charge in [-0.3, -0.25) is 9.69 Å². The van der Waals surface area contributed by atoms with Crippen molar-refractivity contribution in [3.8, 4) is 11.5 Å². The summed E-state index contributed by atoms with van der Waals surface area (Å²) in [7, 11) is 0. The molecular weight excluding hydrogens is 482 g/mol. The zero-order valence-electron chi connectivity index (χ0n) is 17.6. The lowest BCUT2D eigenvalue weighted by molar-refractivity contribution is -0.137. The van der Waals surface area contributed by atoms with Crippen molar-refractivity contribution < 1.29 is 27.4 Å². The highest BCUT2D eigenvalue weighted by Crippen LogP contribution is 2.34. The average Bonchev–Trinajstić information content (AvgIpc) is 3.21. The maximum absolute atomic E-state index is 12.7. The van der Waals surface area contributed by atoms with Crippen molar-refractivity contribution in [2.75, 3.05) is 38.2 Å². The van der Waals surface area contributed by atoms with Crippen molar-refractivity contribution in [2.24, 2.45) is 5.73 Å². The number of carbonyl (C=O) groups is 1. The topological polar surface area (TPSA) is 76.8 Å². The highest BCUT2D eigenvalue weighted by molar-refractivity contribution is 6.32. The maximum atomic E-state index is 12.7. The van der Waals surface area contributed by atoms with Crippen molar-refractivity contribution in [2.45, 2.75) is 25.1 Å². The minimum Gasteiger partial charge on any atom is -0.491 e. The van der Waals surface area contributed by atoms with Crippen molar-refractivity contribution in [3.63, 3.8) is 0 Å². The van der Waals surface area contributed by atoms with Crippen LogP contribution in [0.15, 0.2) is 36.4 Å². The first kappa shape index (κ1) is 25.4. The third-order valence-corrected chi connectivity index (χ3v) is 5.83. The molecule has 0 aliphatic carbocycles. The fourth-order valence-corrected chi connectivity index (χ4v) is 4.03. The molecule has 1 aliphatic heterocycles. The van der Waals surface area contributed by atoms with Gasteiger partial charge in [-0.25, -0.2) is 0 Å². The number of likely N-dealkylation sites (tertiary alicyclic amines) is 1. The standard InChI is InChI=1S/C22H24Cl2F3N3O3/c23-17-10-14(22(25,26)27)3-5-20(17)33-13-21(31)29-15-4-6-19(18(24)11-15)32-9-8-30-7-1-2-16(30)12-28/h3-6,10-11,16H,1-2,7-9,12-13,28H2,(H,29,31). The molecule has 180 valence electrons. The van der Waals surface area contributed by atoms with Crippen LogP contribution < -0.4 is 20.5 Å². The monoisotopic (exact) mass is 505 g/mol. The van der Waals surface area contributed by atoms with Crippen LogP contribution in [0.2, 0.25) is 10.0 Å². The number of ether oxygens (including phenoxy) is 2. The molecule has 2 aromatic carbocycles. The van der Waals surface area contributed by atoms with Gasteiger partial charge in [-0.1, -0.05) is 23.2 Å². The molecule has 1 unspecified atom stereocenters. The van der Waals surface area contributed by atoms with Gasteiger partial charge in [0.15, 0.2) is 6.61 Å². The van der Waals surface area contributed by atoms with Gasteiger partial charge in [-0.05, 0) is 55.8 Å². The molecule has 0 radical (unpaired) electrons. The van der Waals surface area contributed by atoms with Gasteiger partial charge >= 0.3 is 6.18 Å². The zero-order valence-corrected chi connectivity index (χ0v) is 19.1. The molecule has 1 amide bonds. The van der Waals surface area contributed by atoms with Gasteiger partial charge in [0, 0.05) is 24.8 Å². The normalized spacial score (nSPS) is 16.6. The van der Waals surface area contributed by atoms with E-state index in [1.807, 2.05) is 0 Å². The number of anilines is 1. The molecule has 33 heavy (non-hydrogen) atoms. The lowest BCUT2D eigenvalue weighted by Gasteiger charge is -2.23. The Morgan fingerprint density at radius 2 is 1.82 bits per heavy atom. The van der Waals surface area contributed by atoms with Crippen molar-refractivity contribution in [3.05, 3.63) is 52.0 Å². The van der Waals surface area contributed by atoms with E-state index in [4.69, 9.17) is 38.4 Å². The Bertz CT molecular complexity index is 976. The molecule has 3 rings (SSSR count). The van der Waals surface area contributed by atoms with Crippen molar-refractivity contribution >= 4 is 34.8 Å². The van der Waals surface area contributed by atoms with E-state index in [0.29, 0.717) is 35.7 Å². The van der Waals surface area contributed by atoms with E-state index >= 15 is 0 Å². The second kappa shape index (κ2) is 11.3. The number of carbonyl (C=O) groups excluding carboxylic acids is 1. The van der Waals surface area contributed by atoms with E-state index in [0.717, 1.165) is 44.1 Å². The molecule has 0 saturated carbocycles. The number of hydrogen-bond donors (Lipinski definition) is 2. The number of halogens is 5. The van der Waals surface area contributed by atoms with Crippen LogP contribution in [0.4, 0.5) is 18.9 Å². The summed E-state index contributed by atoms with van der Waals surface area (Å²) < 4.78 is 49.1. The van der Waals surface area contributed by atoms with Crippen LogP contribution in [-0.2, 0) is 11.0 Å². The zero-order chi connectivity index (χ0) is 24.0. The minimum absolute atomic E-state index is 0.0310. The Morgan fingerprint density at radius 3 is 2.48 bits per heavy atom. The van der Waals surface area contributed by atoms with E-state index in [-0.39, 0.29) is 10.8 Å². The number of amides is 1. The highest BCUT2D eigenvalue weighted by Gasteiger charge is 2.31. The summed E-state index contributed by atoms with van der Waals surface area (Å²) in [6.45, 7) is 2.40. The van der Waals surface area contributed by atoms with Gasteiger partial charge in [0.1, 0.15) is 18.1 Å². The van der Waals surface area contributed by atoms with Gasteiger partial charge < -0.3 is 20.5 Å². The summed E-state index contributed by atoms with van der Waals surface area (Å²) in [4.78, 5) is 14.4. The van der Waals surface area contributed by atoms with Crippen LogP contribution in [0.5, 0.6) is 11.5 Å². The lowest BCUT2D eigenvalue weighted by Crippen LogP contribution is -2.37. The molecule has 1 atom stereocenters. The summed E-state index contributed by atoms with van der Waals surface area (Å²) in [5, 5.41) is 2.69. The lowest BCUT2D eigenvalue weighted by atomic mass is 10.2. The molecule has 1 fully saturated rings. The van der Waals surface area contributed by atoms with Gasteiger partial charge in [0.05, 0.1) is 15.6 Å². The number of nitrogens with two attached hydrogens (primary N) is 1. The Balaban J connectivity index is 1.48. The van der Waals surface area contributed by atoms with Crippen LogP contribution in [-0.4, -0.2) is 49.7 Å². The molecule has 1 aliphatic rings. The Morgan fingerprint density at radius 1 is 1.12 bits per heavy atom. The van der Waals surface area contributed by atoms with Crippen LogP contribution in [0.25, 0.3) is 0 Å². The Kier molecular flexibility index (Phi) is 8.69. The smallest absolute Gasteiger partial charge is 0.416 e.